The number of halogens is 6. The van der Waals surface area contributed by atoms with Crippen molar-refractivity contribution < 1.29 is 26.3 Å². The SMILES string of the molecule is CCN(/C=C/C(=N/NC(=N)C(F)(F)F)C(F)(F)F)CC. The van der Waals surface area contributed by atoms with Gasteiger partial charge in [0.1, 0.15) is 0 Å². The van der Waals surface area contributed by atoms with E-state index in [1.54, 1.807) is 13.8 Å². The van der Waals surface area contributed by atoms with Gasteiger partial charge >= 0.3 is 12.4 Å². The molecular formula is C10H14F6N4. The summed E-state index contributed by atoms with van der Waals surface area (Å²) in [5, 5.41) is 9.07. The molecule has 0 aliphatic carbocycles. The van der Waals surface area contributed by atoms with Crippen molar-refractivity contribution in [3.05, 3.63) is 12.3 Å². The highest BCUT2D eigenvalue weighted by Gasteiger charge is 2.37. The van der Waals surface area contributed by atoms with Gasteiger partial charge in [-0.3, -0.25) is 10.8 Å². The Morgan fingerprint density at radius 1 is 1.10 bits per heavy atom. The molecule has 20 heavy (non-hydrogen) atoms. The number of rotatable bonds is 5. The lowest BCUT2D eigenvalue weighted by Crippen LogP contribution is -2.35. The summed E-state index contributed by atoms with van der Waals surface area (Å²) in [7, 11) is 0. The first-order valence-corrected chi connectivity index (χ1v) is 5.51. The molecular weight excluding hydrogens is 290 g/mol. The maximum absolute atomic E-state index is 12.5. The maximum Gasteiger partial charge on any atom is 0.450 e. The molecule has 0 fully saturated rings. The van der Waals surface area contributed by atoms with Gasteiger partial charge < -0.3 is 4.90 Å². The van der Waals surface area contributed by atoms with E-state index in [4.69, 9.17) is 5.41 Å². The van der Waals surface area contributed by atoms with Crippen LogP contribution in [0.15, 0.2) is 17.4 Å². The molecule has 0 atom stereocenters. The van der Waals surface area contributed by atoms with Crippen molar-refractivity contribution in [2.24, 2.45) is 5.10 Å². The van der Waals surface area contributed by atoms with Gasteiger partial charge in [-0.05, 0) is 19.9 Å². The van der Waals surface area contributed by atoms with Crippen molar-refractivity contribution >= 4 is 11.5 Å². The summed E-state index contributed by atoms with van der Waals surface area (Å²) in [6.45, 7) is 4.28. The van der Waals surface area contributed by atoms with Crippen molar-refractivity contribution in [1.82, 2.24) is 10.3 Å². The number of alkyl halides is 6. The molecule has 0 radical (unpaired) electrons. The molecule has 0 spiro atoms. The average molecular weight is 304 g/mol. The van der Waals surface area contributed by atoms with Crippen LogP contribution in [0, 0.1) is 5.41 Å². The maximum atomic E-state index is 12.5. The summed E-state index contributed by atoms with van der Waals surface area (Å²) in [4.78, 5) is 1.50. The van der Waals surface area contributed by atoms with Crippen LogP contribution in [0.2, 0.25) is 0 Å². The normalized spacial score (nSPS) is 13.7. The highest BCUT2D eigenvalue weighted by Crippen LogP contribution is 2.19. The van der Waals surface area contributed by atoms with Crippen LogP contribution in [0.4, 0.5) is 26.3 Å². The Bertz CT molecular complexity index is 378. The third kappa shape index (κ3) is 6.43. The molecule has 0 amide bonds. The number of hydrogen-bond acceptors (Lipinski definition) is 3. The fourth-order valence-corrected chi connectivity index (χ4v) is 0.985. The first-order valence-electron chi connectivity index (χ1n) is 5.51. The average Bonchev–Trinajstić information content (AvgIpc) is 2.30. The van der Waals surface area contributed by atoms with E-state index in [-0.39, 0.29) is 0 Å². The lowest BCUT2D eigenvalue weighted by molar-refractivity contribution is -0.0642. The van der Waals surface area contributed by atoms with Crippen molar-refractivity contribution in [2.45, 2.75) is 26.2 Å². The Morgan fingerprint density at radius 3 is 1.95 bits per heavy atom. The third-order valence-corrected chi connectivity index (χ3v) is 2.12. The van der Waals surface area contributed by atoms with Gasteiger partial charge in [-0.25, -0.2) is 0 Å². The van der Waals surface area contributed by atoms with Gasteiger partial charge in [0.25, 0.3) is 0 Å². The molecule has 0 aromatic rings. The summed E-state index contributed by atoms with van der Waals surface area (Å²) < 4.78 is 73.5. The minimum Gasteiger partial charge on any atom is -0.378 e. The van der Waals surface area contributed by atoms with Crippen molar-refractivity contribution in [3.8, 4) is 0 Å². The minimum atomic E-state index is -5.08. The zero-order valence-corrected chi connectivity index (χ0v) is 10.7. The monoisotopic (exact) mass is 304 g/mol. The van der Waals surface area contributed by atoms with Gasteiger partial charge in [0.05, 0.1) is 0 Å². The van der Waals surface area contributed by atoms with E-state index in [0.717, 1.165) is 11.6 Å². The van der Waals surface area contributed by atoms with Crippen LogP contribution in [-0.4, -0.2) is 41.9 Å². The van der Waals surface area contributed by atoms with Crippen LogP contribution in [0.3, 0.4) is 0 Å². The van der Waals surface area contributed by atoms with E-state index in [2.05, 4.69) is 5.10 Å². The van der Waals surface area contributed by atoms with Crippen LogP contribution in [0.5, 0.6) is 0 Å². The standard InChI is InChI=1S/C10H14F6N4/c1-3-20(4-2)6-5-7(9(11,12)13)18-19-8(17)10(14,15)16/h5-6H,3-4H2,1-2H3,(H2,17,19)/b6-5+,18-7-. The zero-order chi connectivity index (χ0) is 16.0. The lowest BCUT2D eigenvalue weighted by Gasteiger charge is -2.15. The summed E-state index contributed by atoms with van der Waals surface area (Å²) in [5.41, 5.74) is -0.512. The number of allylic oxidation sites excluding steroid dienone is 1. The van der Waals surface area contributed by atoms with E-state index < -0.39 is 23.9 Å². The summed E-state index contributed by atoms with van der Waals surface area (Å²) in [6.07, 6.45) is -8.39. The van der Waals surface area contributed by atoms with E-state index in [9.17, 15) is 26.3 Å². The van der Waals surface area contributed by atoms with E-state index in [0.29, 0.717) is 19.2 Å². The lowest BCUT2D eigenvalue weighted by atomic mass is 10.3. The van der Waals surface area contributed by atoms with E-state index >= 15 is 0 Å². The third-order valence-electron chi connectivity index (χ3n) is 2.12. The number of nitrogens with zero attached hydrogens (tertiary/aromatic N) is 2. The number of hydrazone groups is 1. The van der Waals surface area contributed by atoms with Crippen molar-refractivity contribution in [1.29, 1.82) is 5.41 Å². The number of amidine groups is 1. The number of hydrogen-bond donors (Lipinski definition) is 2. The molecule has 0 rings (SSSR count). The zero-order valence-electron chi connectivity index (χ0n) is 10.7. The topological polar surface area (TPSA) is 51.5 Å². The second kappa shape index (κ2) is 7.15. The summed E-state index contributed by atoms with van der Waals surface area (Å²) in [6, 6.07) is 0. The second-order valence-electron chi connectivity index (χ2n) is 3.52. The fraction of sp³-hybridized carbons (Fsp3) is 0.600. The molecule has 0 saturated carbocycles. The van der Waals surface area contributed by atoms with Crippen LogP contribution in [-0.2, 0) is 0 Å². The molecule has 10 heteroatoms. The minimum absolute atomic E-state index is 0.434. The quantitative estimate of drug-likeness (QED) is 0.355. The Kier molecular flexibility index (Phi) is 6.53. The summed E-state index contributed by atoms with van der Waals surface area (Å²) >= 11 is 0. The van der Waals surface area contributed by atoms with Crippen LogP contribution < -0.4 is 5.43 Å². The molecule has 0 heterocycles. The molecule has 0 aromatic heterocycles. The van der Waals surface area contributed by atoms with E-state index in [1.807, 2.05) is 0 Å². The molecule has 4 nitrogen and oxygen atoms in total. The molecule has 0 aliphatic rings. The molecule has 0 unspecified atom stereocenters. The fourth-order valence-electron chi connectivity index (χ4n) is 0.985. The molecule has 0 aliphatic heterocycles. The smallest absolute Gasteiger partial charge is 0.378 e. The van der Waals surface area contributed by atoms with Crippen LogP contribution >= 0.6 is 0 Å². The van der Waals surface area contributed by atoms with Crippen LogP contribution in [0.1, 0.15) is 13.8 Å². The first kappa shape index (κ1) is 18.3. The highest BCUT2D eigenvalue weighted by molar-refractivity contribution is 6.00. The van der Waals surface area contributed by atoms with Gasteiger partial charge in [-0.2, -0.15) is 31.4 Å². The predicted octanol–water partition coefficient (Wildman–Crippen LogP) is 2.89. The first-order chi connectivity index (χ1) is 9.02. The second-order valence-corrected chi connectivity index (χ2v) is 3.52. The molecule has 2 N–H and O–H groups in total. The largest absolute Gasteiger partial charge is 0.450 e. The Balaban J connectivity index is 5.05. The van der Waals surface area contributed by atoms with Crippen LogP contribution in [0.25, 0.3) is 0 Å². The molecule has 0 saturated heterocycles. The van der Waals surface area contributed by atoms with Gasteiger partial charge in [0, 0.05) is 19.3 Å². The number of nitrogens with one attached hydrogen (secondary N) is 2. The Morgan fingerprint density at radius 2 is 1.60 bits per heavy atom. The Hall–Kier alpha value is -1.74. The summed E-state index contributed by atoms with van der Waals surface area (Å²) in [5.74, 6) is -2.07. The Labute approximate surface area is 111 Å². The molecule has 0 bridgehead atoms. The highest BCUT2D eigenvalue weighted by atomic mass is 19.4. The van der Waals surface area contributed by atoms with Gasteiger partial charge in [0.2, 0.25) is 5.84 Å². The van der Waals surface area contributed by atoms with E-state index in [1.165, 1.54) is 4.90 Å². The molecule has 116 valence electrons. The van der Waals surface area contributed by atoms with Gasteiger partial charge in [-0.15, -0.1) is 0 Å². The molecule has 0 aromatic carbocycles. The van der Waals surface area contributed by atoms with Gasteiger partial charge in [-0.1, -0.05) is 0 Å². The van der Waals surface area contributed by atoms with Crippen molar-refractivity contribution in [3.63, 3.8) is 0 Å². The predicted molar refractivity (Wildman–Crippen MR) is 62.5 cm³/mol. The van der Waals surface area contributed by atoms with Gasteiger partial charge in [0.15, 0.2) is 5.71 Å². The van der Waals surface area contributed by atoms with Crippen molar-refractivity contribution in [2.75, 3.05) is 13.1 Å².